The van der Waals surface area contributed by atoms with Crippen molar-refractivity contribution in [2.45, 2.75) is 109 Å². The Bertz CT molecular complexity index is 786. The van der Waals surface area contributed by atoms with Gasteiger partial charge in [0.15, 0.2) is 6.10 Å². The summed E-state index contributed by atoms with van der Waals surface area (Å²) < 4.78 is 18.5. The van der Waals surface area contributed by atoms with Gasteiger partial charge in [0.05, 0.1) is 5.60 Å². The molecular formula is C26H38O5. The maximum atomic E-state index is 13.1. The SMILES string of the molecule is C=CC(=O)OC12CC3CC(C1)CC(OC(C)C(=O)OC1CC4CCC1(C)C4(C)C)(C3)C2. The molecule has 5 nitrogen and oxygen atoms in total. The number of fused-ring (bicyclic) bond motifs is 2. The van der Waals surface area contributed by atoms with Gasteiger partial charge < -0.3 is 14.2 Å². The van der Waals surface area contributed by atoms with Crippen LogP contribution in [0.15, 0.2) is 12.7 Å². The zero-order valence-electron chi connectivity index (χ0n) is 19.6. The molecule has 0 saturated heterocycles. The van der Waals surface area contributed by atoms with E-state index in [0.29, 0.717) is 24.2 Å². The molecule has 6 saturated carbocycles. The lowest BCUT2D eigenvalue weighted by Crippen LogP contribution is -2.62. The first-order chi connectivity index (χ1) is 14.5. The van der Waals surface area contributed by atoms with E-state index in [-0.39, 0.29) is 34.5 Å². The van der Waals surface area contributed by atoms with E-state index in [4.69, 9.17) is 14.2 Å². The fourth-order valence-electron chi connectivity index (χ4n) is 8.58. The van der Waals surface area contributed by atoms with E-state index < -0.39 is 11.7 Å². The molecular weight excluding hydrogens is 392 g/mol. The van der Waals surface area contributed by atoms with E-state index in [1.54, 1.807) is 0 Å². The predicted octanol–water partition coefficient (Wildman–Crippen LogP) is 4.97. The summed E-state index contributed by atoms with van der Waals surface area (Å²) in [6.45, 7) is 12.4. The minimum Gasteiger partial charge on any atom is -0.460 e. The highest BCUT2D eigenvalue weighted by molar-refractivity contribution is 5.81. The Morgan fingerprint density at radius 2 is 1.68 bits per heavy atom. The van der Waals surface area contributed by atoms with Crippen LogP contribution in [0.4, 0.5) is 0 Å². The van der Waals surface area contributed by atoms with Crippen LogP contribution in [-0.2, 0) is 23.8 Å². The maximum Gasteiger partial charge on any atom is 0.335 e. The summed E-state index contributed by atoms with van der Waals surface area (Å²) in [5.74, 6) is 1.04. The van der Waals surface area contributed by atoms with Crippen LogP contribution >= 0.6 is 0 Å². The third-order valence-corrected chi connectivity index (χ3v) is 10.2. The minimum absolute atomic E-state index is 0.0175. The van der Waals surface area contributed by atoms with E-state index >= 15 is 0 Å². The highest BCUT2D eigenvalue weighted by Gasteiger charge is 2.64. The molecule has 0 aromatic rings. The summed E-state index contributed by atoms with van der Waals surface area (Å²) in [5.41, 5.74) is -0.580. The molecule has 6 rings (SSSR count). The molecule has 6 bridgehead atoms. The largest absolute Gasteiger partial charge is 0.460 e. The average molecular weight is 431 g/mol. The molecule has 0 radical (unpaired) electrons. The maximum absolute atomic E-state index is 13.1. The molecule has 0 spiro atoms. The van der Waals surface area contributed by atoms with Gasteiger partial charge in [-0.15, -0.1) is 0 Å². The van der Waals surface area contributed by atoms with Crippen molar-refractivity contribution in [2.75, 3.05) is 0 Å². The van der Waals surface area contributed by atoms with Gasteiger partial charge in [0.2, 0.25) is 0 Å². The molecule has 6 unspecified atom stereocenters. The fraction of sp³-hybridized carbons (Fsp3) is 0.846. The van der Waals surface area contributed by atoms with Crippen LogP contribution in [0, 0.1) is 28.6 Å². The first kappa shape index (κ1) is 21.5. The monoisotopic (exact) mass is 430 g/mol. The van der Waals surface area contributed by atoms with Gasteiger partial charge in [-0.05, 0) is 81.5 Å². The Morgan fingerprint density at radius 3 is 2.23 bits per heavy atom. The highest BCUT2D eigenvalue weighted by atomic mass is 16.6. The number of hydrogen-bond donors (Lipinski definition) is 0. The van der Waals surface area contributed by atoms with Crippen LogP contribution in [0.5, 0.6) is 0 Å². The molecule has 6 aliphatic rings. The van der Waals surface area contributed by atoms with Gasteiger partial charge in [0.1, 0.15) is 11.7 Å². The molecule has 6 aliphatic carbocycles. The van der Waals surface area contributed by atoms with Crippen molar-refractivity contribution in [1.82, 2.24) is 0 Å². The number of esters is 2. The van der Waals surface area contributed by atoms with Gasteiger partial charge in [-0.1, -0.05) is 27.4 Å². The lowest BCUT2D eigenvalue weighted by atomic mass is 9.52. The van der Waals surface area contributed by atoms with E-state index in [0.717, 1.165) is 38.5 Å². The van der Waals surface area contributed by atoms with Gasteiger partial charge >= 0.3 is 11.9 Å². The van der Waals surface area contributed by atoms with Crippen molar-refractivity contribution < 1.29 is 23.8 Å². The van der Waals surface area contributed by atoms with Crippen LogP contribution < -0.4 is 0 Å². The molecule has 5 heteroatoms. The summed E-state index contributed by atoms with van der Waals surface area (Å²) in [7, 11) is 0. The molecule has 6 atom stereocenters. The van der Waals surface area contributed by atoms with Gasteiger partial charge in [0.25, 0.3) is 0 Å². The number of rotatable bonds is 6. The summed E-state index contributed by atoms with van der Waals surface area (Å²) in [6, 6.07) is 0. The topological polar surface area (TPSA) is 61.8 Å². The molecule has 31 heavy (non-hydrogen) atoms. The predicted molar refractivity (Wildman–Crippen MR) is 116 cm³/mol. The molecule has 0 N–H and O–H groups in total. The number of hydrogen-bond acceptors (Lipinski definition) is 5. The van der Waals surface area contributed by atoms with Crippen molar-refractivity contribution in [2.24, 2.45) is 28.6 Å². The number of carbonyl (C=O) groups is 2. The van der Waals surface area contributed by atoms with Crippen molar-refractivity contribution in [3.8, 4) is 0 Å². The normalized spacial score (nSPS) is 47.2. The van der Waals surface area contributed by atoms with Crippen molar-refractivity contribution in [3.63, 3.8) is 0 Å². The van der Waals surface area contributed by atoms with E-state index in [1.807, 2.05) is 6.92 Å². The lowest BCUT2D eigenvalue weighted by molar-refractivity contribution is -0.245. The Kier molecular flexibility index (Phi) is 4.73. The molecule has 6 fully saturated rings. The zero-order chi connectivity index (χ0) is 22.2. The average Bonchev–Trinajstić information content (AvgIpc) is 2.99. The molecule has 172 valence electrons. The minimum atomic E-state index is -0.603. The van der Waals surface area contributed by atoms with Crippen LogP contribution in [0.2, 0.25) is 0 Å². The van der Waals surface area contributed by atoms with E-state index in [9.17, 15) is 9.59 Å². The van der Waals surface area contributed by atoms with E-state index in [1.165, 1.54) is 18.9 Å². The Balaban J connectivity index is 1.27. The molecule has 0 aliphatic heterocycles. The second-order valence-electron chi connectivity index (χ2n) is 12.2. The van der Waals surface area contributed by atoms with Gasteiger partial charge in [-0.25, -0.2) is 9.59 Å². The van der Waals surface area contributed by atoms with Gasteiger partial charge in [-0.3, -0.25) is 0 Å². The zero-order valence-corrected chi connectivity index (χ0v) is 19.6. The van der Waals surface area contributed by atoms with Crippen LogP contribution in [0.3, 0.4) is 0 Å². The van der Waals surface area contributed by atoms with Crippen molar-refractivity contribution in [3.05, 3.63) is 12.7 Å². The Labute approximate surface area is 186 Å². The van der Waals surface area contributed by atoms with Crippen LogP contribution in [-0.4, -0.2) is 35.3 Å². The summed E-state index contributed by atoms with van der Waals surface area (Å²) >= 11 is 0. The number of ether oxygens (including phenoxy) is 3. The molecule has 0 heterocycles. The number of carbonyl (C=O) groups excluding carboxylic acids is 2. The third-order valence-electron chi connectivity index (χ3n) is 10.2. The quantitative estimate of drug-likeness (QED) is 0.440. The van der Waals surface area contributed by atoms with Crippen LogP contribution in [0.25, 0.3) is 0 Å². The Morgan fingerprint density at radius 1 is 1.03 bits per heavy atom. The summed E-state index contributed by atoms with van der Waals surface area (Å²) in [6.07, 6.45) is 9.54. The molecule has 0 aromatic heterocycles. The first-order valence-corrected chi connectivity index (χ1v) is 12.2. The summed E-state index contributed by atoms with van der Waals surface area (Å²) in [5, 5.41) is 0. The van der Waals surface area contributed by atoms with Gasteiger partial charge in [-0.2, -0.15) is 0 Å². The van der Waals surface area contributed by atoms with Crippen molar-refractivity contribution >= 4 is 11.9 Å². The van der Waals surface area contributed by atoms with Crippen LogP contribution in [0.1, 0.15) is 85.5 Å². The van der Waals surface area contributed by atoms with Gasteiger partial charge in [0, 0.05) is 17.9 Å². The third kappa shape index (κ3) is 3.20. The smallest absolute Gasteiger partial charge is 0.335 e. The second kappa shape index (κ2) is 6.82. The fourth-order valence-corrected chi connectivity index (χ4v) is 8.58. The summed E-state index contributed by atoms with van der Waals surface area (Å²) in [4.78, 5) is 25.1. The first-order valence-electron chi connectivity index (χ1n) is 12.2. The second-order valence-corrected chi connectivity index (χ2v) is 12.2. The van der Waals surface area contributed by atoms with Crippen molar-refractivity contribution in [1.29, 1.82) is 0 Å². The highest BCUT2D eigenvalue weighted by Crippen LogP contribution is 2.66. The molecule has 0 aromatic carbocycles. The standard InChI is InChI=1S/C26H38O5/c1-6-21(27)31-26-13-17-9-18(14-26)12-25(11-17,15-26)30-16(2)22(28)29-20-10-19-7-8-24(20,5)23(19,3)4/h6,16-20H,1,7-15H2,2-5H3. The Hall–Kier alpha value is -1.36. The lowest BCUT2D eigenvalue weighted by Gasteiger charge is -2.60. The van der Waals surface area contributed by atoms with E-state index in [2.05, 4.69) is 27.4 Å². The molecule has 0 amide bonds.